The Morgan fingerprint density at radius 3 is 2.68 bits per heavy atom. The number of sulfonamides is 1. The summed E-state index contributed by atoms with van der Waals surface area (Å²) in [6.07, 6.45) is 1.51. The van der Waals surface area contributed by atoms with Crippen molar-refractivity contribution < 1.29 is 17.9 Å². The van der Waals surface area contributed by atoms with Gasteiger partial charge in [-0.15, -0.1) is 0 Å². The number of carbonyl (C=O) groups is 1. The third-order valence-electron chi connectivity index (χ3n) is 3.69. The largest absolute Gasteiger partial charge is 0.379 e. The summed E-state index contributed by atoms with van der Waals surface area (Å²) in [5.41, 5.74) is 0.829. The van der Waals surface area contributed by atoms with E-state index in [-0.39, 0.29) is 10.8 Å². The molecule has 25 heavy (non-hydrogen) atoms. The maximum atomic E-state index is 12.7. The molecule has 9 heteroatoms. The van der Waals surface area contributed by atoms with E-state index in [0.717, 1.165) is 0 Å². The normalized spacial score (nSPS) is 15.7. The van der Waals surface area contributed by atoms with Crippen LogP contribution in [0.2, 0.25) is 0 Å². The average molecular weight is 426 g/mol. The summed E-state index contributed by atoms with van der Waals surface area (Å²) in [6.45, 7) is 1.41. The number of anilines is 1. The fourth-order valence-corrected chi connectivity index (χ4v) is 4.24. The van der Waals surface area contributed by atoms with E-state index in [4.69, 9.17) is 4.74 Å². The van der Waals surface area contributed by atoms with Crippen LogP contribution in [0.5, 0.6) is 0 Å². The summed E-state index contributed by atoms with van der Waals surface area (Å²) in [6, 6.07) is 9.39. The van der Waals surface area contributed by atoms with Gasteiger partial charge in [0.2, 0.25) is 10.0 Å². The van der Waals surface area contributed by atoms with Crippen LogP contribution < -0.4 is 5.32 Å². The van der Waals surface area contributed by atoms with Gasteiger partial charge >= 0.3 is 0 Å². The Morgan fingerprint density at radius 1 is 1.20 bits per heavy atom. The number of aromatic nitrogens is 1. The lowest BCUT2D eigenvalue weighted by atomic mass is 10.2. The summed E-state index contributed by atoms with van der Waals surface area (Å²) in [5.74, 6) is -0.343. The summed E-state index contributed by atoms with van der Waals surface area (Å²) in [4.78, 5) is 16.4. The van der Waals surface area contributed by atoms with Crippen molar-refractivity contribution in [3.63, 3.8) is 0 Å². The first kappa shape index (κ1) is 18.0. The second kappa shape index (κ2) is 7.61. The highest BCUT2D eigenvalue weighted by Crippen LogP contribution is 2.21. The van der Waals surface area contributed by atoms with Gasteiger partial charge < -0.3 is 10.1 Å². The fourth-order valence-electron chi connectivity index (χ4n) is 2.42. The molecule has 1 saturated heterocycles. The number of pyridine rings is 1. The molecule has 7 nitrogen and oxygen atoms in total. The van der Waals surface area contributed by atoms with E-state index in [2.05, 4.69) is 26.2 Å². The number of morpholine rings is 1. The predicted octanol–water partition coefficient (Wildman–Crippen LogP) is 2.12. The molecule has 0 saturated carbocycles. The van der Waals surface area contributed by atoms with Gasteiger partial charge in [-0.05, 0) is 46.3 Å². The molecule has 0 atom stereocenters. The smallest absolute Gasteiger partial charge is 0.255 e. The summed E-state index contributed by atoms with van der Waals surface area (Å²) >= 11 is 3.21. The van der Waals surface area contributed by atoms with Gasteiger partial charge in [-0.1, -0.05) is 6.07 Å². The number of halogens is 1. The van der Waals surface area contributed by atoms with E-state index in [0.29, 0.717) is 42.2 Å². The second-order valence-corrected chi connectivity index (χ2v) is 8.12. The van der Waals surface area contributed by atoms with Gasteiger partial charge in [-0.2, -0.15) is 4.31 Å². The molecule has 2 heterocycles. The molecule has 0 bridgehead atoms. The third-order valence-corrected chi connectivity index (χ3v) is 6.02. The molecule has 132 valence electrons. The molecule has 0 spiro atoms. The average Bonchev–Trinajstić information content (AvgIpc) is 2.62. The SMILES string of the molecule is O=C(Nc1cccc(S(=O)(=O)N2CCOCC2)c1)c1ccnc(Br)c1. The monoisotopic (exact) mass is 425 g/mol. The predicted molar refractivity (Wildman–Crippen MR) is 95.9 cm³/mol. The molecule has 1 amide bonds. The number of amides is 1. The zero-order valence-corrected chi connectivity index (χ0v) is 15.6. The van der Waals surface area contributed by atoms with E-state index in [9.17, 15) is 13.2 Å². The number of hydrogen-bond donors (Lipinski definition) is 1. The molecule has 2 aromatic rings. The summed E-state index contributed by atoms with van der Waals surface area (Å²) in [5, 5.41) is 2.71. The Labute approximate surface area is 154 Å². The number of hydrogen-bond acceptors (Lipinski definition) is 5. The van der Waals surface area contributed by atoms with Gasteiger partial charge in [0.15, 0.2) is 0 Å². The van der Waals surface area contributed by atoms with Gasteiger partial charge in [-0.3, -0.25) is 4.79 Å². The standard InChI is InChI=1S/C16H16BrN3O4S/c17-15-10-12(4-5-18-15)16(21)19-13-2-1-3-14(11-13)25(22,23)20-6-8-24-9-7-20/h1-5,10-11H,6-9H2,(H,19,21). The van der Waals surface area contributed by atoms with Gasteiger partial charge in [0, 0.05) is 30.5 Å². The fraction of sp³-hybridized carbons (Fsp3) is 0.250. The zero-order chi connectivity index (χ0) is 17.9. The Morgan fingerprint density at radius 2 is 1.96 bits per heavy atom. The molecule has 1 aromatic heterocycles. The minimum Gasteiger partial charge on any atom is -0.379 e. The van der Waals surface area contributed by atoms with Gasteiger partial charge in [0.25, 0.3) is 5.91 Å². The zero-order valence-electron chi connectivity index (χ0n) is 13.2. The topological polar surface area (TPSA) is 88.6 Å². The molecule has 1 N–H and O–H groups in total. The van der Waals surface area contributed by atoms with Crippen LogP contribution in [0.4, 0.5) is 5.69 Å². The van der Waals surface area contributed by atoms with Crippen LogP contribution in [-0.4, -0.2) is 49.9 Å². The van der Waals surface area contributed by atoms with E-state index in [1.165, 1.54) is 22.6 Å². The van der Waals surface area contributed by atoms with E-state index in [1.54, 1.807) is 24.3 Å². The molecule has 1 aliphatic heterocycles. The number of nitrogens with zero attached hydrogens (tertiary/aromatic N) is 2. The first-order valence-corrected chi connectivity index (χ1v) is 9.81. The highest BCUT2D eigenvalue weighted by atomic mass is 79.9. The van der Waals surface area contributed by atoms with Crippen molar-refractivity contribution in [3.8, 4) is 0 Å². The lowest BCUT2D eigenvalue weighted by Crippen LogP contribution is -2.40. The number of ether oxygens (including phenoxy) is 1. The highest BCUT2D eigenvalue weighted by molar-refractivity contribution is 9.10. The van der Waals surface area contributed by atoms with Gasteiger partial charge in [0.05, 0.1) is 18.1 Å². The maximum absolute atomic E-state index is 12.7. The van der Waals surface area contributed by atoms with Crippen LogP contribution in [0, 0.1) is 0 Å². The Bertz CT molecular complexity index is 882. The summed E-state index contributed by atoms with van der Waals surface area (Å²) in [7, 11) is -3.61. The first-order valence-electron chi connectivity index (χ1n) is 7.58. The highest BCUT2D eigenvalue weighted by Gasteiger charge is 2.26. The van der Waals surface area contributed by atoms with Gasteiger partial charge in [0.1, 0.15) is 4.60 Å². The lowest BCUT2D eigenvalue weighted by Gasteiger charge is -2.26. The minimum absolute atomic E-state index is 0.142. The molecule has 1 aliphatic rings. The van der Waals surface area contributed by atoms with E-state index in [1.807, 2.05) is 0 Å². The minimum atomic E-state index is -3.61. The van der Waals surface area contributed by atoms with Crippen molar-refractivity contribution in [2.45, 2.75) is 4.90 Å². The number of carbonyl (C=O) groups excluding carboxylic acids is 1. The van der Waals surface area contributed by atoms with Crippen LogP contribution in [0.15, 0.2) is 52.1 Å². The van der Waals surface area contributed by atoms with Crippen molar-refractivity contribution in [1.29, 1.82) is 0 Å². The van der Waals surface area contributed by atoms with Crippen molar-refractivity contribution >= 4 is 37.5 Å². The molecular formula is C16H16BrN3O4S. The Balaban J connectivity index is 1.80. The second-order valence-electron chi connectivity index (χ2n) is 5.37. The Hall–Kier alpha value is -1.81. The molecule has 0 unspecified atom stereocenters. The van der Waals surface area contributed by atoms with E-state index >= 15 is 0 Å². The molecule has 0 radical (unpaired) electrons. The molecule has 0 aliphatic carbocycles. The first-order chi connectivity index (χ1) is 12.0. The number of nitrogens with one attached hydrogen (secondary N) is 1. The van der Waals surface area contributed by atoms with Crippen LogP contribution >= 0.6 is 15.9 Å². The maximum Gasteiger partial charge on any atom is 0.255 e. The molecular weight excluding hydrogens is 410 g/mol. The van der Waals surface area contributed by atoms with Crippen LogP contribution in [0.25, 0.3) is 0 Å². The Kier molecular flexibility index (Phi) is 5.48. The van der Waals surface area contributed by atoms with Crippen molar-refractivity contribution in [1.82, 2.24) is 9.29 Å². The number of rotatable bonds is 4. The third kappa shape index (κ3) is 4.24. The van der Waals surface area contributed by atoms with Crippen molar-refractivity contribution in [2.24, 2.45) is 0 Å². The van der Waals surface area contributed by atoms with Crippen LogP contribution in [0.3, 0.4) is 0 Å². The molecule has 1 aromatic carbocycles. The lowest BCUT2D eigenvalue weighted by molar-refractivity contribution is 0.0730. The van der Waals surface area contributed by atoms with Crippen LogP contribution in [-0.2, 0) is 14.8 Å². The number of benzene rings is 1. The molecule has 3 rings (SSSR count). The van der Waals surface area contributed by atoms with E-state index < -0.39 is 10.0 Å². The summed E-state index contributed by atoms with van der Waals surface area (Å²) < 4.78 is 32.5. The van der Waals surface area contributed by atoms with Gasteiger partial charge in [-0.25, -0.2) is 13.4 Å². The quantitative estimate of drug-likeness (QED) is 0.757. The van der Waals surface area contributed by atoms with Crippen LogP contribution in [0.1, 0.15) is 10.4 Å². The van der Waals surface area contributed by atoms with Crippen molar-refractivity contribution in [3.05, 3.63) is 52.8 Å². The molecule has 1 fully saturated rings. The van der Waals surface area contributed by atoms with Crippen molar-refractivity contribution in [2.75, 3.05) is 31.6 Å².